The number of benzene rings is 1. The summed E-state index contributed by atoms with van der Waals surface area (Å²) in [5.41, 5.74) is 1.98. The van der Waals surface area contributed by atoms with Gasteiger partial charge in [-0.15, -0.1) is 11.6 Å². The van der Waals surface area contributed by atoms with Gasteiger partial charge in [0.2, 0.25) is 0 Å². The molecule has 0 heterocycles. The minimum Gasteiger partial charge on any atom is -0.298 e. The van der Waals surface area contributed by atoms with Crippen molar-refractivity contribution in [2.24, 2.45) is 0 Å². The molecule has 1 rings (SSSR count). The molecule has 1 aromatic carbocycles. The third-order valence-electron chi connectivity index (χ3n) is 1.87. The zero-order chi connectivity index (χ0) is 10.0. The molecular weight excluding hydrogens is 298 g/mol. The SMILES string of the molecule is CC(=O)C(Cl)c1cc(I)ccc1C. The van der Waals surface area contributed by atoms with Gasteiger partial charge < -0.3 is 0 Å². The summed E-state index contributed by atoms with van der Waals surface area (Å²) < 4.78 is 1.10. The van der Waals surface area contributed by atoms with Crippen molar-refractivity contribution in [3.8, 4) is 0 Å². The van der Waals surface area contributed by atoms with E-state index in [0.29, 0.717) is 0 Å². The smallest absolute Gasteiger partial charge is 0.152 e. The Morgan fingerprint density at radius 3 is 2.69 bits per heavy atom. The van der Waals surface area contributed by atoms with Crippen molar-refractivity contribution in [3.05, 3.63) is 32.9 Å². The van der Waals surface area contributed by atoms with Crippen molar-refractivity contribution in [1.29, 1.82) is 0 Å². The minimum absolute atomic E-state index is 0.00762. The molecule has 0 N–H and O–H groups in total. The van der Waals surface area contributed by atoms with E-state index in [4.69, 9.17) is 11.6 Å². The van der Waals surface area contributed by atoms with Crippen molar-refractivity contribution in [2.75, 3.05) is 0 Å². The lowest BCUT2D eigenvalue weighted by Gasteiger charge is -2.09. The number of rotatable bonds is 2. The topological polar surface area (TPSA) is 17.1 Å². The van der Waals surface area contributed by atoms with Crippen LogP contribution in [0.1, 0.15) is 23.4 Å². The molecule has 0 bridgehead atoms. The van der Waals surface area contributed by atoms with Crippen LogP contribution >= 0.6 is 34.2 Å². The summed E-state index contributed by atoms with van der Waals surface area (Å²) in [6.07, 6.45) is 0. The minimum atomic E-state index is -0.505. The Bertz CT molecular complexity index is 336. The first kappa shape index (κ1) is 11.0. The highest BCUT2D eigenvalue weighted by molar-refractivity contribution is 14.1. The number of ketones is 1. The monoisotopic (exact) mass is 308 g/mol. The van der Waals surface area contributed by atoms with Gasteiger partial charge >= 0.3 is 0 Å². The van der Waals surface area contributed by atoms with E-state index in [1.54, 1.807) is 0 Å². The summed E-state index contributed by atoms with van der Waals surface area (Å²) in [4.78, 5) is 11.1. The Balaban J connectivity index is 3.12. The van der Waals surface area contributed by atoms with Crippen LogP contribution in [0.3, 0.4) is 0 Å². The number of Topliss-reactive ketones (excluding diaryl/α,β-unsaturated/α-hetero) is 1. The Kier molecular flexibility index (Phi) is 3.74. The number of hydrogen-bond donors (Lipinski definition) is 0. The van der Waals surface area contributed by atoms with Crippen LogP contribution in [0.4, 0.5) is 0 Å². The molecule has 3 heteroatoms. The summed E-state index contributed by atoms with van der Waals surface area (Å²) in [6.45, 7) is 3.47. The van der Waals surface area contributed by atoms with Gasteiger partial charge in [-0.3, -0.25) is 4.79 Å². The van der Waals surface area contributed by atoms with Crippen molar-refractivity contribution in [2.45, 2.75) is 19.2 Å². The molecule has 0 amide bonds. The third kappa shape index (κ3) is 2.68. The van der Waals surface area contributed by atoms with Gasteiger partial charge in [0.15, 0.2) is 5.78 Å². The highest BCUT2D eigenvalue weighted by Gasteiger charge is 2.15. The fourth-order valence-electron chi connectivity index (χ4n) is 1.10. The summed E-state index contributed by atoms with van der Waals surface area (Å²) in [5, 5.41) is -0.505. The predicted octanol–water partition coefficient (Wildman–Crippen LogP) is 3.47. The standard InChI is InChI=1S/C10H10ClIO/c1-6-3-4-8(12)5-9(6)10(11)7(2)13/h3-5,10H,1-2H3. The molecule has 0 aliphatic heterocycles. The van der Waals surface area contributed by atoms with E-state index in [-0.39, 0.29) is 5.78 Å². The van der Waals surface area contributed by atoms with Crippen LogP contribution in [-0.4, -0.2) is 5.78 Å². The van der Waals surface area contributed by atoms with Gasteiger partial charge in [-0.2, -0.15) is 0 Å². The number of hydrogen-bond acceptors (Lipinski definition) is 1. The van der Waals surface area contributed by atoms with Crippen LogP contribution < -0.4 is 0 Å². The highest BCUT2D eigenvalue weighted by atomic mass is 127. The van der Waals surface area contributed by atoms with Crippen LogP contribution in [-0.2, 0) is 4.79 Å². The van der Waals surface area contributed by atoms with E-state index in [9.17, 15) is 4.79 Å². The van der Waals surface area contributed by atoms with E-state index in [1.807, 2.05) is 25.1 Å². The Morgan fingerprint density at radius 2 is 2.15 bits per heavy atom. The Morgan fingerprint density at radius 1 is 1.54 bits per heavy atom. The molecule has 1 nitrogen and oxygen atoms in total. The van der Waals surface area contributed by atoms with E-state index >= 15 is 0 Å². The zero-order valence-corrected chi connectivity index (χ0v) is 10.4. The van der Waals surface area contributed by atoms with Crippen molar-refractivity contribution in [1.82, 2.24) is 0 Å². The fraction of sp³-hybridized carbons (Fsp3) is 0.300. The lowest BCUT2D eigenvalue weighted by molar-refractivity contribution is -0.116. The maximum absolute atomic E-state index is 11.1. The number of halogens is 2. The van der Waals surface area contributed by atoms with Crippen LogP contribution in [0.15, 0.2) is 18.2 Å². The second-order valence-electron chi connectivity index (χ2n) is 2.97. The molecule has 70 valence electrons. The average Bonchev–Trinajstić information content (AvgIpc) is 2.08. The number of carbonyl (C=O) groups excluding carboxylic acids is 1. The van der Waals surface area contributed by atoms with Crippen LogP contribution in [0.5, 0.6) is 0 Å². The molecule has 0 aliphatic rings. The Labute approximate surface area is 96.6 Å². The van der Waals surface area contributed by atoms with Gasteiger partial charge in [0.1, 0.15) is 5.38 Å². The molecule has 0 spiro atoms. The van der Waals surface area contributed by atoms with E-state index < -0.39 is 5.38 Å². The molecular formula is C10H10ClIO. The van der Waals surface area contributed by atoms with E-state index in [0.717, 1.165) is 14.7 Å². The molecule has 0 radical (unpaired) electrons. The number of aryl methyl sites for hydroxylation is 1. The zero-order valence-electron chi connectivity index (χ0n) is 7.47. The molecule has 1 atom stereocenters. The molecule has 1 unspecified atom stereocenters. The Hall–Kier alpha value is -0.0900. The van der Waals surface area contributed by atoms with Gasteiger partial charge in [0.25, 0.3) is 0 Å². The normalized spacial score (nSPS) is 12.6. The van der Waals surface area contributed by atoms with Gasteiger partial charge in [-0.05, 0) is 59.7 Å². The summed E-state index contributed by atoms with van der Waals surface area (Å²) in [7, 11) is 0. The fourth-order valence-corrected chi connectivity index (χ4v) is 1.85. The first-order valence-corrected chi connectivity index (χ1v) is 5.44. The summed E-state index contributed by atoms with van der Waals surface area (Å²) in [6, 6.07) is 5.94. The molecule has 0 saturated heterocycles. The first-order valence-electron chi connectivity index (χ1n) is 3.93. The van der Waals surface area contributed by atoms with Crippen LogP contribution in [0, 0.1) is 10.5 Å². The van der Waals surface area contributed by atoms with Gasteiger partial charge in [-0.1, -0.05) is 6.07 Å². The molecule has 1 aromatic rings. The van der Waals surface area contributed by atoms with Gasteiger partial charge in [-0.25, -0.2) is 0 Å². The quantitative estimate of drug-likeness (QED) is 0.604. The van der Waals surface area contributed by atoms with Crippen molar-refractivity contribution < 1.29 is 4.79 Å². The van der Waals surface area contributed by atoms with E-state index in [1.165, 1.54) is 6.92 Å². The lowest BCUT2D eigenvalue weighted by Crippen LogP contribution is -2.03. The first-order chi connectivity index (χ1) is 6.02. The number of carbonyl (C=O) groups is 1. The highest BCUT2D eigenvalue weighted by Crippen LogP contribution is 2.26. The predicted molar refractivity (Wildman–Crippen MR) is 63.2 cm³/mol. The average molecular weight is 309 g/mol. The van der Waals surface area contributed by atoms with Crippen molar-refractivity contribution >= 4 is 40.0 Å². The second-order valence-corrected chi connectivity index (χ2v) is 4.66. The number of alkyl halides is 1. The maximum atomic E-state index is 11.1. The summed E-state index contributed by atoms with van der Waals surface area (Å²) in [5.74, 6) is -0.00762. The second kappa shape index (κ2) is 4.42. The van der Waals surface area contributed by atoms with Gasteiger partial charge in [0.05, 0.1) is 0 Å². The molecule has 0 saturated carbocycles. The molecule has 0 fully saturated rings. The van der Waals surface area contributed by atoms with E-state index in [2.05, 4.69) is 22.6 Å². The van der Waals surface area contributed by atoms with Gasteiger partial charge in [0, 0.05) is 3.57 Å². The van der Waals surface area contributed by atoms with Crippen LogP contribution in [0.2, 0.25) is 0 Å². The molecule has 0 aliphatic carbocycles. The largest absolute Gasteiger partial charge is 0.298 e. The third-order valence-corrected chi connectivity index (χ3v) is 3.08. The summed E-state index contributed by atoms with van der Waals surface area (Å²) >= 11 is 8.17. The maximum Gasteiger partial charge on any atom is 0.152 e. The lowest BCUT2D eigenvalue weighted by atomic mass is 10.0. The van der Waals surface area contributed by atoms with Crippen molar-refractivity contribution in [3.63, 3.8) is 0 Å². The van der Waals surface area contributed by atoms with Crippen LogP contribution in [0.25, 0.3) is 0 Å². The molecule has 0 aromatic heterocycles. The molecule has 13 heavy (non-hydrogen) atoms.